The van der Waals surface area contributed by atoms with Crippen LogP contribution in [0.1, 0.15) is 10.4 Å². The maximum Gasteiger partial charge on any atom is 0.262 e. The van der Waals surface area contributed by atoms with Crippen molar-refractivity contribution in [2.24, 2.45) is 0 Å². The van der Waals surface area contributed by atoms with E-state index in [4.69, 9.17) is 27.9 Å². The van der Waals surface area contributed by atoms with Crippen LogP contribution < -0.4 is 15.4 Å². The molecule has 0 spiro atoms. The summed E-state index contributed by atoms with van der Waals surface area (Å²) < 4.78 is 6.01. The number of rotatable bonds is 2. The van der Waals surface area contributed by atoms with Crippen LogP contribution in [0.25, 0.3) is 0 Å². The van der Waals surface area contributed by atoms with E-state index < -0.39 is 0 Å². The number of fused-ring (bicyclic) bond motifs is 1. The molecule has 8 heteroatoms. The van der Waals surface area contributed by atoms with Gasteiger partial charge in [-0.15, -0.1) is 11.3 Å². The highest BCUT2D eigenvalue weighted by Crippen LogP contribution is 2.33. The molecule has 2 N–H and O–H groups in total. The van der Waals surface area contributed by atoms with E-state index in [1.54, 1.807) is 18.2 Å². The summed E-state index contributed by atoms with van der Waals surface area (Å²) in [6, 6.07) is 6.47. The number of carbonyl (C=O) groups is 2. The number of nitrogens with one attached hydrogen (secondary N) is 2. The quantitative estimate of drug-likeness (QED) is 0.875. The van der Waals surface area contributed by atoms with Gasteiger partial charge in [-0.05, 0) is 24.3 Å². The zero-order valence-corrected chi connectivity index (χ0v) is 12.7. The predicted octanol–water partition coefficient (Wildman–Crippen LogP) is 3.64. The van der Waals surface area contributed by atoms with Crippen LogP contribution in [-0.2, 0) is 4.79 Å². The Morgan fingerprint density at radius 2 is 2.14 bits per heavy atom. The molecule has 5 nitrogen and oxygen atoms in total. The normalized spacial score (nSPS) is 13.1. The number of benzene rings is 1. The highest BCUT2D eigenvalue weighted by Gasteiger charge is 2.18. The first-order valence-corrected chi connectivity index (χ1v) is 7.43. The van der Waals surface area contributed by atoms with Gasteiger partial charge in [-0.2, -0.15) is 0 Å². The van der Waals surface area contributed by atoms with Crippen molar-refractivity contribution in [3.63, 3.8) is 0 Å². The fourth-order valence-corrected chi connectivity index (χ4v) is 3.31. The van der Waals surface area contributed by atoms with Gasteiger partial charge in [0.2, 0.25) is 0 Å². The fraction of sp³-hybridized carbons (Fsp3) is 0.0769. The molecule has 2 aromatic rings. The van der Waals surface area contributed by atoms with Crippen LogP contribution in [0.3, 0.4) is 0 Å². The summed E-state index contributed by atoms with van der Waals surface area (Å²) in [4.78, 5) is 23.4. The molecule has 0 saturated carbocycles. The van der Waals surface area contributed by atoms with Crippen molar-refractivity contribution in [3.05, 3.63) is 38.5 Å². The van der Waals surface area contributed by atoms with Gasteiger partial charge in [0.25, 0.3) is 11.8 Å². The van der Waals surface area contributed by atoms with E-state index in [1.165, 1.54) is 6.07 Å². The predicted molar refractivity (Wildman–Crippen MR) is 82.9 cm³/mol. The summed E-state index contributed by atoms with van der Waals surface area (Å²) in [5.74, 6) is -0.0472. The van der Waals surface area contributed by atoms with Gasteiger partial charge in [-0.1, -0.05) is 23.2 Å². The standard InChI is InChI=1S/C13H8Cl2N2O3S/c14-10-4-7(12(15)21-10)13(19)16-6-1-2-9-8(3-6)17-11(18)5-20-9/h1-4H,5H2,(H,16,19)(H,17,18). The molecule has 21 heavy (non-hydrogen) atoms. The number of hydrogen-bond donors (Lipinski definition) is 2. The second-order valence-electron chi connectivity index (χ2n) is 4.24. The van der Waals surface area contributed by atoms with Crippen LogP contribution in [0.5, 0.6) is 5.75 Å². The minimum atomic E-state index is -0.369. The number of anilines is 2. The van der Waals surface area contributed by atoms with Gasteiger partial charge in [0.1, 0.15) is 10.1 Å². The Morgan fingerprint density at radius 3 is 2.86 bits per heavy atom. The summed E-state index contributed by atoms with van der Waals surface area (Å²) in [5.41, 5.74) is 1.34. The van der Waals surface area contributed by atoms with Crippen molar-refractivity contribution in [2.45, 2.75) is 0 Å². The summed E-state index contributed by atoms with van der Waals surface area (Å²) in [6.45, 7) is -0.0122. The van der Waals surface area contributed by atoms with Crippen LogP contribution in [-0.4, -0.2) is 18.4 Å². The number of amides is 2. The number of hydrogen-bond acceptors (Lipinski definition) is 4. The van der Waals surface area contributed by atoms with Crippen LogP contribution >= 0.6 is 34.5 Å². The van der Waals surface area contributed by atoms with Gasteiger partial charge >= 0.3 is 0 Å². The largest absolute Gasteiger partial charge is 0.482 e. The first kappa shape index (κ1) is 14.2. The SMILES string of the molecule is O=C1COc2ccc(NC(=O)c3cc(Cl)sc3Cl)cc2N1. The number of ether oxygens (including phenoxy) is 1. The smallest absolute Gasteiger partial charge is 0.262 e. The third-order valence-corrected chi connectivity index (χ3v) is 4.26. The van der Waals surface area contributed by atoms with Crippen molar-refractivity contribution < 1.29 is 14.3 Å². The molecule has 2 heterocycles. The van der Waals surface area contributed by atoms with Gasteiger partial charge in [-0.3, -0.25) is 9.59 Å². The lowest BCUT2D eigenvalue weighted by Crippen LogP contribution is -2.25. The van der Waals surface area contributed by atoms with Gasteiger partial charge in [0.15, 0.2) is 6.61 Å². The molecule has 0 bridgehead atoms. The Balaban J connectivity index is 1.82. The Labute approximate surface area is 133 Å². The lowest BCUT2D eigenvalue weighted by atomic mass is 10.2. The topological polar surface area (TPSA) is 67.4 Å². The third kappa shape index (κ3) is 2.97. The molecule has 0 fully saturated rings. The first-order valence-electron chi connectivity index (χ1n) is 5.86. The Morgan fingerprint density at radius 1 is 1.33 bits per heavy atom. The molecule has 1 aliphatic rings. The molecule has 1 aromatic carbocycles. The van der Waals surface area contributed by atoms with Gasteiger partial charge < -0.3 is 15.4 Å². The van der Waals surface area contributed by atoms with Crippen LogP contribution in [0, 0.1) is 0 Å². The molecule has 0 atom stereocenters. The monoisotopic (exact) mass is 342 g/mol. The van der Waals surface area contributed by atoms with E-state index in [1.807, 2.05) is 0 Å². The molecule has 3 rings (SSSR count). The van der Waals surface area contributed by atoms with Crippen molar-refractivity contribution >= 4 is 57.7 Å². The van der Waals surface area contributed by atoms with Crippen molar-refractivity contribution in [1.29, 1.82) is 0 Å². The summed E-state index contributed by atoms with van der Waals surface area (Å²) in [6.07, 6.45) is 0. The van der Waals surface area contributed by atoms with Crippen LogP contribution in [0.15, 0.2) is 24.3 Å². The Hall–Kier alpha value is -1.76. The highest BCUT2D eigenvalue weighted by molar-refractivity contribution is 7.20. The number of thiophene rings is 1. The second-order valence-corrected chi connectivity index (χ2v) is 6.53. The second kappa shape index (κ2) is 5.55. The molecule has 0 saturated heterocycles. The minimum Gasteiger partial charge on any atom is -0.482 e. The number of carbonyl (C=O) groups excluding carboxylic acids is 2. The number of halogens is 2. The Bertz CT molecular complexity index is 745. The summed E-state index contributed by atoms with van der Waals surface area (Å²) >= 11 is 12.9. The maximum absolute atomic E-state index is 12.1. The fourth-order valence-electron chi connectivity index (χ4n) is 1.85. The van der Waals surface area contributed by atoms with Crippen LogP contribution in [0.2, 0.25) is 8.67 Å². The maximum atomic E-state index is 12.1. The van der Waals surface area contributed by atoms with Gasteiger partial charge in [-0.25, -0.2) is 0 Å². The van der Waals surface area contributed by atoms with E-state index in [-0.39, 0.29) is 18.4 Å². The van der Waals surface area contributed by atoms with Crippen LogP contribution in [0.4, 0.5) is 11.4 Å². The molecule has 1 aromatic heterocycles. The summed E-state index contributed by atoms with van der Waals surface area (Å²) in [7, 11) is 0. The molecule has 1 aliphatic heterocycles. The molecule has 0 radical (unpaired) electrons. The third-order valence-electron chi connectivity index (χ3n) is 2.77. The van der Waals surface area contributed by atoms with Gasteiger partial charge in [0.05, 0.1) is 15.6 Å². The Kier molecular flexibility index (Phi) is 3.75. The molecule has 0 aliphatic carbocycles. The lowest BCUT2D eigenvalue weighted by molar-refractivity contribution is -0.118. The van der Waals surface area contributed by atoms with Crippen molar-refractivity contribution in [3.8, 4) is 5.75 Å². The van der Waals surface area contributed by atoms with Crippen molar-refractivity contribution in [2.75, 3.05) is 17.2 Å². The van der Waals surface area contributed by atoms with E-state index in [0.29, 0.717) is 31.4 Å². The molecular formula is C13H8Cl2N2O3S. The first-order chi connectivity index (χ1) is 10.0. The van der Waals surface area contributed by atoms with Crippen molar-refractivity contribution in [1.82, 2.24) is 0 Å². The average molecular weight is 343 g/mol. The molecule has 0 unspecified atom stereocenters. The molecule has 108 valence electrons. The van der Waals surface area contributed by atoms with Gasteiger partial charge in [0, 0.05) is 5.69 Å². The van der Waals surface area contributed by atoms with E-state index >= 15 is 0 Å². The summed E-state index contributed by atoms with van der Waals surface area (Å²) in [5, 5.41) is 5.36. The van der Waals surface area contributed by atoms with E-state index in [9.17, 15) is 9.59 Å². The van der Waals surface area contributed by atoms with E-state index in [0.717, 1.165) is 11.3 Å². The minimum absolute atomic E-state index is 0.0122. The lowest BCUT2D eigenvalue weighted by Gasteiger charge is -2.18. The highest BCUT2D eigenvalue weighted by atomic mass is 35.5. The zero-order chi connectivity index (χ0) is 15.0. The zero-order valence-electron chi connectivity index (χ0n) is 10.4. The molecular weight excluding hydrogens is 335 g/mol. The average Bonchev–Trinajstić information content (AvgIpc) is 2.77. The van der Waals surface area contributed by atoms with E-state index in [2.05, 4.69) is 10.6 Å². The molecule has 2 amide bonds.